The number of benzene rings is 3. The topological polar surface area (TPSA) is 85.6 Å². The molecule has 2 radical (unpaired) electrons. The van der Waals surface area contributed by atoms with Crippen LogP contribution in [0.3, 0.4) is 0 Å². The summed E-state index contributed by atoms with van der Waals surface area (Å²) in [7, 11) is 7.48. The minimum Gasteiger partial charge on any atom is -0.496 e. The first-order valence-electron chi connectivity index (χ1n) is 11.9. The van der Waals surface area contributed by atoms with Crippen molar-refractivity contribution in [3.8, 4) is 45.8 Å². The van der Waals surface area contributed by atoms with Gasteiger partial charge in [-0.3, -0.25) is 4.79 Å². The monoisotopic (exact) mass is 552 g/mol. The van der Waals surface area contributed by atoms with Crippen LogP contribution in [0.2, 0.25) is 5.02 Å². The van der Waals surface area contributed by atoms with Crippen LogP contribution in [0.1, 0.15) is 23.7 Å². The Morgan fingerprint density at radius 2 is 1.51 bits per heavy atom. The zero-order chi connectivity index (χ0) is 28.3. The molecule has 39 heavy (non-hydrogen) atoms. The highest BCUT2D eigenvalue weighted by Crippen LogP contribution is 2.45. The van der Waals surface area contributed by atoms with Gasteiger partial charge < -0.3 is 32.8 Å². The molecular weight excluding hydrogens is 524 g/mol. The number of hydrogen-bond donors (Lipinski definition) is 0. The molecule has 0 amide bonds. The summed E-state index contributed by atoms with van der Waals surface area (Å²) in [6, 6.07) is 11.9. The molecule has 8 nitrogen and oxygen atoms in total. The maximum absolute atomic E-state index is 14.1. The minimum atomic E-state index is -0.631. The second-order valence-electron chi connectivity index (χ2n) is 8.45. The van der Waals surface area contributed by atoms with Gasteiger partial charge in [-0.15, -0.1) is 0 Å². The van der Waals surface area contributed by atoms with E-state index in [-0.39, 0.29) is 28.2 Å². The van der Waals surface area contributed by atoms with Crippen LogP contribution in [-0.4, -0.2) is 35.5 Å². The summed E-state index contributed by atoms with van der Waals surface area (Å²) in [5, 5.41) is 0.664. The molecule has 0 saturated heterocycles. The molecule has 9 heteroatoms. The minimum absolute atomic E-state index is 0.0521. The molecule has 0 fully saturated rings. The summed E-state index contributed by atoms with van der Waals surface area (Å²) >= 11 is 6.33. The van der Waals surface area contributed by atoms with Crippen LogP contribution in [0.5, 0.6) is 34.5 Å². The molecule has 1 aromatic heterocycles. The number of methoxy groups -OCH3 is 5. The van der Waals surface area contributed by atoms with Gasteiger partial charge in [0.05, 0.1) is 35.5 Å². The lowest BCUT2D eigenvalue weighted by Gasteiger charge is -2.21. The van der Waals surface area contributed by atoms with Crippen LogP contribution in [0.15, 0.2) is 51.7 Å². The molecule has 0 aliphatic heterocycles. The third-order valence-electron chi connectivity index (χ3n) is 6.24. The van der Waals surface area contributed by atoms with Crippen LogP contribution in [-0.2, 0) is 0 Å². The lowest BCUT2D eigenvalue weighted by Crippen LogP contribution is -2.15. The fourth-order valence-electron chi connectivity index (χ4n) is 4.23. The Bertz CT molecular complexity index is 1530. The number of rotatable bonds is 10. The van der Waals surface area contributed by atoms with E-state index < -0.39 is 11.5 Å². The van der Waals surface area contributed by atoms with Crippen molar-refractivity contribution in [3.05, 3.63) is 82.7 Å². The average Bonchev–Trinajstić information content (AvgIpc) is 2.96. The normalized spacial score (nSPS) is 11.7. The van der Waals surface area contributed by atoms with E-state index in [1.165, 1.54) is 35.5 Å². The molecule has 204 valence electrons. The first-order chi connectivity index (χ1) is 18.8. The van der Waals surface area contributed by atoms with Crippen LogP contribution in [0.4, 0.5) is 0 Å². The largest absolute Gasteiger partial charge is 0.496 e. The number of ether oxygens (including phenoxy) is 6. The molecule has 1 heterocycles. The number of halogens is 1. The van der Waals surface area contributed by atoms with E-state index in [4.69, 9.17) is 44.4 Å². The van der Waals surface area contributed by atoms with Gasteiger partial charge in [-0.1, -0.05) is 23.7 Å². The zero-order valence-corrected chi connectivity index (χ0v) is 23.1. The van der Waals surface area contributed by atoms with Crippen molar-refractivity contribution in [2.45, 2.75) is 12.5 Å². The van der Waals surface area contributed by atoms with Crippen molar-refractivity contribution in [2.75, 3.05) is 35.5 Å². The lowest BCUT2D eigenvalue weighted by molar-refractivity contribution is 0.203. The molecule has 4 rings (SSSR count). The van der Waals surface area contributed by atoms with Crippen molar-refractivity contribution >= 4 is 22.6 Å². The van der Waals surface area contributed by atoms with Crippen LogP contribution < -0.4 is 33.8 Å². The zero-order valence-electron chi connectivity index (χ0n) is 22.4. The van der Waals surface area contributed by atoms with E-state index in [9.17, 15) is 4.79 Å². The van der Waals surface area contributed by atoms with Crippen LogP contribution in [0.25, 0.3) is 22.3 Å². The lowest BCUT2D eigenvalue weighted by atomic mass is 10.0. The van der Waals surface area contributed by atoms with Crippen molar-refractivity contribution in [1.82, 2.24) is 0 Å². The Labute approximate surface area is 231 Å². The second kappa shape index (κ2) is 11.8. The van der Waals surface area contributed by atoms with Crippen molar-refractivity contribution in [2.24, 2.45) is 0 Å². The molecular formula is C30H29ClO8. The number of fused-ring (bicyclic) bond motifs is 1. The van der Waals surface area contributed by atoms with Gasteiger partial charge >= 0.3 is 0 Å². The molecule has 0 aliphatic carbocycles. The summed E-state index contributed by atoms with van der Waals surface area (Å²) < 4.78 is 40.2. The van der Waals surface area contributed by atoms with Gasteiger partial charge in [-0.25, -0.2) is 0 Å². The molecule has 0 bridgehead atoms. The van der Waals surface area contributed by atoms with Crippen LogP contribution >= 0.6 is 11.6 Å². The first kappa shape index (κ1) is 28.0. The predicted octanol–water partition coefficient (Wildman–Crippen LogP) is 6.68. The summed E-state index contributed by atoms with van der Waals surface area (Å²) in [5.41, 5.74) is 1.64. The Morgan fingerprint density at radius 1 is 0.846 bits per heavy atom. The fourth-order valence-corrected chi connectivity index (χ4v) is 4.42. The van der Waals surface area contributed by atoms with Gasteiger partial charge in [0, 0.05) is 22.7 Å². The Kier molecular flexibility index (Phi) is 8.45. The highest BCUT2D eigenvalue weighted by atomic mass is 35.5. The van der Waals surface area contributed by atoms with Crippen molar-refractivity contribution < 1.29 is 32.8 Å². The SMILES string of the molecule is [CH2]CC(Oc1c(-c2cc(OC)c(OC)c(OC)c2)oc2cc(OC)cc(OC)c2c1=O)c1ccc([CH2])c(Cl)c1. The predicted molar refractivity (Wildman–Crippen MR) is 150 cm³/mol. The molecule has 1 atom stereocenters. The van der Waals surface area contributed by atoms with Gasteiger partial charge in [0.2, 0.25) is 16.9 Å². The maximum atomic E-state index is 14.1. The third-order valence-corrected chi connectivity index (χ3v) is 6.60. The van der Waals surface area contributed by atoms with E-state index in [0.717, 1.165) is 5.56 Å². The van der Waals surface area contributed by atoms with E-state index in [1.807, 2.05) is 6.07 Å². The van der Waals surface area contributed by atoms with Crippen molar-refractivity contribution in [1.29, 1.82) is 0 Å². The van der Waals surface area contributed by atoms with Gasteiger partial charge in [-0.2, -0.15) is 0 Å². The highest BCUT2D eigenvalue weighted by Gasteiger charge is 2.26. The smallest absolute Gasteiger partial charge is 0.239 e. The first-order valence-corrected chi connectivity index (χ1v) is 12.3. The van der Waals surface area contributed by atoms with E-state index in [1.54, 1.807) is 36.4 Å². The molecule has 3 aromatic carbocycles. The Hall–Kier alpha value is -4.04. The Balaban J connectivity index is 2.04. The third kappa shape index (κ3) is 5.29. The van der Waals surface area contributed by atoms with Gasteiger partial charge in [0.1, 0.15) is 28.6 Å². The molecule has 0 spiro atoms. The fraction of sp³-hybridized carbons (Fsp3) is 0.233. The summed E-state index contributed by atoms with van der Waals surface area (Å²) in [4.78, 5) is 14.1. The van der Waals surface area contributed by atoms with Gasteiger partial charge in [0.25, 0.3) is 0 Å². The molecule has 0 N–H and O–H groups in total. The molecule has 4 aromatic rings. The Morgan fingerprint density at radius 3 is 2.05 bits per heavy atom. The summed E-state index contributed by atoms with van der Waals surface area (Å²) in [5.74, 6) is 1.94. The summed E-state index contributed by atoms with van der Waals surface area (Å²) in [6.07, 6.45) is -0.341. The van der Waals surface area contributed by atoms with Crippen molar-refractivity contribution in [3.63, 3.8) is 0 Å². The maximum Gasteiger partial charge on any atom is 0.239 e. The molecule has 0 aliphatic rings. The van der Waals surface area contributed by atoms with Gasteiger partial charge in [-0.05, 0) is 49.6 Å². The van der Waals surface area contributed by atoms with E-state index in [2.05, 4.69) is 13.8 Å². The number of hydrogen-bond acceptors (Lipinski definition) is 8. The standard InChI is InChI=1S/C30H29ClO8/c1-8-21(17-10-9-16(2)20(31)11-17)38-30-27(32)26-22(34-4)14-19(33-3)15-23(26)39-28(30)18-12-24(35-5)29(37-7)25(13-18)36-6/h9-15,21H,1-2,8H2,3-7H3. The van der Waals surface area contributed by atoms with Gasteiger partial charge in [0.15, 0.2) is 17.3 Å². The molecule has 0 saturated carbocycles. The average molecular weight is 553 g/mol. The quantitative estimate of drug-likeness (QED) is 0.215. The van der Waals surface area contributed by atoms with E-state index >= 15 is 0 Å². The highest BCUT2D eigenvalue weighted by molar-refractivity contribution is 6.31. The van der Waals surface area contributed by atoms with Crippen LogP contribution in [0, 0.1) is 13.8 Å². The second-order valence-corrected chi connectivity index (χ2v) is 8.86. The summed E-state index contributed by atoms with van der Waals surface area (Å²) in [6.45, 7) is 7.93. The van der Waals surface area contributed by atoms with E-state index in [0.29, 0.717) is 45.6 Å². The molecule has 1 unspecified atom stereocenters.